The molecule has 1 saturated carbocycles. The van der Waals surface area contributed by atoms with Gasteiger partial charge in [0.1, 0.15) is 11.6 Å². The first kappa shape index (κ1) is 12.2. The molecule has 2 aliphatic carbocycles. The van der Waals surface area contributed by atoms with Gasteiger partial charge in [-0.2, -0.15) is 0 Å². The van der Waals surface area contributed by atoms with E-state index in [1.165, 1.54) is 12.8 Å². The van der Waals surface area contributed by atoms with E-state index >= 15 is 0 Å². The molecular weight excluding hydrogens is 188 g/mol. The third kappa shape index (κ3) is 6.21. The van der Waals surface area contributed by atoms with Crippen LogP contribution in [0.15, 0.2) is 12.2 Å². The summed E-state index contributed by atoms with van der Waals surface area (Å²) >= 11 is 0. The largest absolute Gasteiger partial charge is 0.300 e. The van der Waals surface area contributed by atoms with E-state index in [1.807, 2.05) is 6.08 Å². The van der Waals surface area contributed by atoms with E-state index in [0.29, 0.717) is 18.0 Å². The average molecular weight is 208 g/mol. The molecule has 0 radical (unpaired) electrons. The molecule has 0 amide bonds. The first-order valence-electron chi connectivity index (χ1n) is 5.97. The lowest BCUT2D eigenvalue weighted by atomic mass is 10.1. The monoisotopic (exact) mass is 208 g/mol. The highest BCUT2D eigenvalue weighted by Gasteiger charge is 2.05. The summed E-state index contributed by atoms with van der Waals surface area (Å²) in [6.45, 7) is 0. The van der Waals surface area contributed by atoms with Gasteiger partial charge in [-0.05, 0) is 19.3 Å². The summed E-state index contributed by atoms with van der Waals surface area (Å²) in [6, 6.07) is 0. The van der Waals surface area contributed by atoms with Gasteiger partial charge < -0.3 is 0 Å². The molecule has 0 aromatic carbocycles. The topological polar surface area (TPSA) is 34.1 Å². The lowest BCUT2D eigenvalue weighted by Crippen LogP contribution is -1.97. The quantitative estimate of drug-likeness (QED) is 0.452. The molecule has 0 spiro atoms. The minimum absolute atomic E-state index is 0.377. The molecule has 0 atom stereocenters. The summed E-state index contributed by atoms with van der Waals surface area (Å²) in [4.78, 5) is 21.1. The van der Waals surface area contributed by atoms with Gasteiger partial charge in [0.05, 0.1) is 0 Å². The van der Waals surface area contributed by atoms with Crippen LogP contribution >= 0.6 is 0 Å². The van der Waals surface area contributed by atoms with E-state index < -0.39 is 0 Å². The second kappa shape index (κ2) is 7.38. The predicted molar refractivity (Wildman–Crippen MR) is 60.7 cm³/mol. The number of Topliss-reactive ketones (excluding diaryl/α,β-unsaturated/α-hetero) is 2. The Kier molecular flexibility index (Phi) is 5.98. The van der Waals surface area contributed by atoms with Gasteiger partial charge in [0, 0.05) is 25.7 Å². The fourth-order valence-electron chi connectivity index (χ4n) is 1.80. The lowest BCUT2D eigenvalue weighted by molar-refractivity contribution is -0.119. The minimum Gasteiger partial charge on any atom is -0.300 e. The summed E-state index contributed by atoms with van der Waals surface area (Å²) in [7, 11) is 0. The molecule has 0 aliphatic heterocycles. The Labute approximate surface area is 91.7 Å². The number of carbonyl (C=O) groups is 2. The maximum Gasteiger partial charge on any atom is 0.136 e. The van der Waals surface area contributed by atoms with Gasteiger partial charge in [0.15, 0.2) is 0 Å². The Morgan fingerprint density at radius 1 is 0.733 bits per heavy atom. The second-order valence-corrected chi connectivity index (χ2v) is 4.21. The van der Waals surface area contributed by atoms with E-state index in [4.69, 9.17) is 0 Å². The molecule has 0 heterocycles. The van der Waals surface area contributed by atoms with Gasteiger partial charge in [0.2, 0.25) is 0 Å². The standard InChI is InChI=1S/C7H12O.C6H8O/c8-7-5-3-1-2-4-6-7;7-6-4-2-1-3-5-6/h1-6H2;1-2H,3-5H2. The summed E-state index contributed by atoms with van der Waals surface area (Å²) < 4.78 is 0. The molecule has 2 rings (SSSR count). The Bertz CT molecular complexity index is 231. The summed E-state index contributed by atoms with van der Waals surface area (Å²) in [5.41, 5.74) is 0. The molecule has 0 unspecified atom stereocenters. The Balaban J connectivity index is 0.000000151. The van der Waals surface area contributed by atoms with Gasteiger partial charge in [0.25, 0.3) is 0 Å². The molecule has 2 aliphatic rings. The Hall–Kier alpha value is -0.920. The third-order valence-corrected chi connectivity index (χ3v) is 2.76. The van der Waals surface area contributed by atoms with Gasteiger partial charge in [-0.25, -0.2) is 0 Å². The zero-order valence-corrected chi connectivity index (χ0v) is 9.34. The molecule has 15 heavy (non-hydrogen) atoms. The van der Waals surface area contributed by atoms with Gasteiger partial charge in [-0.15, -0.1) is 0 Å². The van der Waals surface area contributed by atoms with E-state index in [9.17, 15) is 9.59 Å². The molecule has 0 aromatic rings. The summed E-state index contributed by atoms with van der Waals surface area (Å²) in [5, 5.41) is 0. The van der Waals surface area contributed by atoms with Crippen LogP contribution < -0.4 is 0 Å². The van der Waals surface area contributed by atoms with Gasteiger partial charge in [-0.1, -0.05) is 25.0 Å². The lowest BCUT2D eigenvalue weighted by Gasteiger charge is -1.97. The minimum atomic E-state index is 0.377. The molecule has 1 fully saturated rings. The second-order valence-electron chi connectivity index (χ2n) is 4.21. The average Bonchev–Trinajstić information content (AvgIpc) is 2.48. The van der Waals surface area contributed by atoms with Crippen LogP contribution in [0.5, 0.6) is 0 Å². The van der Waals surface area contributed by atoms with Crippen LogP contribution in [0.1, 0.15) is 57.8 Å². The van der Waals surface area contributed by atoms with Crippen LogP contribution in [0.3, 0.4) is 0 Å². The van der Waals surface area contributed by atoms with Crippen molar-refractivity contribution in [3.05, 3.63) is 12.2 Å². The number of carbonyl (C=O) groups excluding carboxylic acids is 2. The summed E-state index contributed by atoms with van der Waals surface area (Å²) in [6.07, 6.45) is 12.9. The maximum atomic E-state index is 10.7. The number of rotatable bonds is 0. The molecule has 2 heteroatoms. The fourth-order valence-corrected chi connectivity index (χ4v) is 1.80. The predicted octanol–water partition coefficient (Wildman–Crippen LogP) is 3.21. The molecule has 2 nitrogen and oxygen atoms in total. The van der Waals surface area contributed by atoms with Crippen LogP contribution in [-0.2, 0) is 9.59 Å². The first-order valence-corrected chi connectivity index (χ1v) is 5.97. The number of hydrogen-bond acceptors (Lipinski definition) is 2. The van der Waals surface area contributed by atoms with E-state index in [-0.39, 0.29) is 0 Å². The van der Waals surface area contributed by atoms with Gasteiger partial charge >= 0.3 is 0 Å². The molecule has 0 saturated heterocycles. The van der Waals surface area contributed by atoms with Crippen LogP contribution in [0, 0.1) is 0 Å². The summed E-state index contributed by atoms with van der Waals surface area (Å²) in [5.74, 6) is 0.852. The molecule has 0 bridgehead atoms. The Morgan fingerprint density at radius 2 is 1.40 bits per heavy atom. The van der Waals surface area contributed by atoms with Crippen LogP contribution in [-0.4, -0.2) is 11.6 Å². The van der Waals surface area contributed by atoms with E-state index in [2.05, 4.69) is 6.08 Å². The van der Waals surface area contributed by atoms with E-state index in [1.54, 1.807) is 0 Å². The van der Waals surface area contributed by atoms with Crippen LogP contribution in [0.2, 0.25) is 0 Å². The third-order valence-electron chi connectivity index (χ3n) is 2.76. The molecule has 0 aromatic heterocycles. The highest BCUT2D eigenvalue weighted by Crippen LogP contribution is 2.12. The van der Waals surface area contributed by atoms with Crippen molar-refractivity contribution in [2.75, 3.05) is 0 Å². The van der Waals surface area contributed by atoms with Crippen molar-refractivity contribution in [2.24, 2.45) is 0 Å². The molecule has 0 N–H and O–H groups in total. The van der Waals surface area contributed by atoms with Gasteiger partial charge in [-0.3, -0.25) is 9.59 Å². The van der Waals surface area contributed by atoms with Crippen molar-refractivity contribution in [1.82, 2.24) is 0 Å². The number of hydrogen-bond donors (Lipinski definition) is 0. The highest BCUT2D eigenvalue weighted by atomic mass is 16.1. The fraction of sp³-hybridized carbons (Fsp3) is 0.692. The smallest absolute Gasteiger partial charge is 0.136 e. The molecular formula is C13H20O2. The van der Waals surface area contributed by atoms with Crippen molar-refractivity contribution in [1.29, 1.82) is 0 Å². The number of ketones is 2. The van der Waals surface area contributed by atoms with Crippen molar-refractivity contribution in [3.63, 3.8) is 0 Å². The Morgan fingerprint density at radius 3 is 1.80 bits per heavy atom. The highest BCUT2D eigenvalue weighted by molar-refractivity contribution is 5.80. The van der Waals surface area contributed by atoms with Crippen molar-refractivity contribution in [2.45, 2.75) is 57.8 Å². The maximum absolute atomic E-state index is 10.7. The van der Waals surface area contributed by atoms with Crippen molar-refractivity contribution >= 4 is 11.6 Å². The van der Waals surface area contributed by atoms with Crippen LogP contribution in [0.25, 0.3) is 0 Å². The van der Waals surface area contributed by atoms with Crippen molar-refractivity contribution in [3.8, 4) is 0 Å². The molecule has 84 valence electrons. The van der Waals surface area contributed by atoms with Crippen molar-refractivity contribution < 1.29 is 9.59 Å². The normalized spacial score (nSPS) is 21.6. The first-order chi connectivity index (χ1) is 7.29. The zero-order valence-electron chi connectivity index (χ0n) is 9.34. The SMILES string of the molecule is O=C1CC=CCC1.O=C1CCCCCC1. The number of allylic oxidation sites excluding steroid dienone is 2. The zero-order chi connectivity index (χ0) is 10.9. The van der Waals surface area contributed by atoms with E-state index in [0.717, 1.165) is 38.5 Å². The van der Waals surface area contributed by atoms with Crippen LogP contribution in [0.4, 0.5) is 0 Å².